The van der Waals surface area contributed by atoms with E-state index in [2.05, 4.69) is 0 Å². The number of hydrogen-bond acceptors (Lipinski definition) is 3. The number of ketones is 1. The Morgan fingerprint density at radius 2 is 1.80 bits per heavy atom. The molecule has 0 aliphatic rings. The Balaban J connectivity index is 5.05. The lowest BCUT2D eigenvalue weighted by Crippen LogP contribution is -2.16. The van der Waals surface area contributed by atoms with E-state index in [1.165, 1.54) is 0 Å². The third-order valence-corrected chi connectivity index (χ3v) is 1.89. The van der Waals surface area contributed by atoms with Gasteiger partial charge in [0.25, 0.3) is 0 Å². The van der Waals surface area contributed by atoms with Gasteiger partial charge in [0.1, 0.15) is 11.3 Å². The van der Waals surface area contributed by atoms with Crippen LogP contribution in [0.5, 0.6) is 0 Å². The standard InChI is InChI=1S/C11H18O4/c1-4-7-8(12)10(11(13)14)9(5-2)15-6-3/h4-7H2,1-3H3,(H,13,14). The smallest absolute Gasteiger partial charge is 0.342 e. The molecule has 0 bridgehead atoms. The number of carbonyl (C=O) groups is 2. The zero-order valence-corrected chi connectivity index (χ0v) is 9.50. The summed E-state index contributed by atoms with van der Waals surface area (Å²) in [6, 6.07) is 0. The molecule has 0 aromatic carbocycles. The molecule has 0 atom stereocenters. The lowest BCUT2D eigenvalue weighted by molar-refractivity contribution is -0.135. The van der Waals surface area contributed by atoms with Gasteiger partial charge in [-0.05, 0) is 13.3 Å². The maximum Gasteiger partial charge on any atom is 0.342 e. The molecule has 4 heteroatoms. The van der Waals surface area contributed by atoms with Crippen LogP contribution in [0.3, 0.4) is 0 Å². The highest BCUT2D eigenvalue weighted by Gasteiger charge is 2.21. The lowest BCUT2D eigenvalue weighted by Gasteiger charge is -2.10. The molecule has 0 aromatic heterocycles. The Bertz CT molecular complexity index is 266. The number of aliphatic carboxylic acids is 1. The first-order chi connectivity index (χ1) is 7.08. The van der Waals surface area contributed by atoms with Crippen molar-refractivity contribution in [1.82, 2.24) is 0 Å². The number of hydrogen-bond donors (Lipinski definition) is 1. The van der Waals surface area contributed by atoms with Crippen molar-refractivity contribution in [3.63, 3.8) is 0 Å². The number of rotatable bonds is 7. The van der Waals surface area contributed by atoms with Gasteiger partial charge in [-0.2, -0.15) is 0 Å². The summed E-state index contributed by atoms with van der Waals surface area (Å²) in [7, 11) is 0. The van der Waals surface area contributed by atoms with E-state index in [0.717, 1.165) is 0 Å². The molecule has 0 heterocycles. The molecule has 1 N–H and O–H groups in total. The number of Topliss-reactive ketones (excluding diaryl/α,β-unsaturated/α-hetero) is 1. The van der Waals surface area contributed by atoms with E-state index in [0.29, 0.717) is 19.4 Å². The molecular weight excluding hydrogens is 196 g/mol. The molecule has 0 fully saturated rings. The van der Waals surface area contributed by atoms with Gasteiger partial charge in [0.15, 0.2) is 5.78 Å². The molecule has 0 spiro atoms. The van der Waals surface area contributed by atoms with E-state index >= 15 is 0 Å². The van der Waals surface area contributed by atoms with E-state index in [9.17, 15) is 9.59 Å². The molecule has 0 aliphatic carbocycles. The van der Waals surface area contributed by atoms with Gasteiger partial charge in [-0.3, -0.25) is 4.79 Å². The quantitative estimate of drug-likeness (QED) is 0.305. The van der Waals surface area contributed by atoms with Crippen LogP contribution in [0.4, 0.5) is 0 Å². The predicted molar refractivity (Wildman–Crippen MR) is 56.5 cm³/mol. The van der Waals surface area contributed by atoms with E-state index in [4.69, 9.17) is 9.84 Å². The van der Waals surface area contributed by atoms with E-state index in [-0.39, 0.29) is 23.5 Å². The van der Waals surface area contributed by atoms with Gasteiger partial charge in [0, 0.05) is 12.8 Å². The molecular formula is C11H18O4. The van der Waals surface area contributed by atoms with E-state index in [1.54, 1.807) is 13.8 Å². The average Bonchev–Trinajstić information content (AvgIpc) is 2.16. The number of carboxylic acids is 1. The number of carbonyl (C=O) groups excluding carboxylic acids is 1. The van der Waals surface area contributed by atoms with Gasteiger partial charge in [-0.25, -0.2) is 4.79 Å². The highest BCUT2D eigenvalue weighted by atomic mass is 16.5. The van der Waals surface area contributed by atoms with Crippen LogP contribution < -0.4 is 0 Å². The number of carboxylic acid groups (broad SMARTS) is 1. The minimum atomic E-state index is -1.20. The normalized spacial score (nSPS) is 11.9. The SMILES string of the molecule is CCCC(=O)C(C(=O)O)=C(CC)OCC. The highest BCUT2D eigenvalue weighted by Crippen LogP contribution is 2.14. The van der Waals surface area contributed by atoms with Crippen molar-refractivity contribution < 1.29 is 19.4 Å². The second kappa shape index (κ2) is 7.04. The number of ether oxygens (including phenoxy) is 1. The topological polar surface area (TPSA) is 63.6 Å². The highest BCUT2D eigenvalue weighted by molar-refractivity contribution is 6.16. The molecule has 0 saturated heterocycles. The maximum atomic E-state index is 11.5. The van der Waals surface area contributed by atoms with Gasteiger partial charge in [-0.15, -0.1) is 0 Å². The molecule has 0 amide bonds. The summed E-state index contributed by atoms with van der Waals surface area (Å²) >= 11 is 0. The lowest BCUT2D eigenvalue weighted by atomic mass is 10.1. The summed E-state index contributed by atoms with van der Waals surface area (Å²) in [5.41, 5.74) is -0.193. The van der Waals surface area contributed by atoms with E-state index in [1.807, 2.05) is 6.92 Å². The Kier molecular flexibility index (Phi) is 6.42. The third-order valence-electron chi connectivity index (χ3n) is 1.89. The summed E-state index contributed by atoms with van der Waals surface area (Å²) in [6.07, 6.45) is 1.31. The van der Waals surface area contributed by atoms with Gasteiger partial charge in [-0.1, -0.05) is 13.8 Å². The molecule has 0 saturated carbocycles. The second-order valence-electron chi connectivity index (χ2n) is 3.06. The summed E-state index contributed by atoms with van der Waals surface area (Å²) < 4.78 is 5.16. The first kappa shape index (κ1) is 13.7. The fraction of sp³-hybridized carbons (Fsp3) is 0.636. The van der Waals surface area contributed by atoms with E-state index < -0.39 is 5.97 Å². The largest absolute Gasteiger partial charge is 0.497 e. The van der Waals surface area contributed by atoms with Crippen LogP contribution >= 0.6 is 0 Å². The Morgan fingerprint density at radius 1 is 1.20 bits per heavy atom. The minimum absolute atomic E-state index is 0.193. The van der Waals surface area contributed by atoms with Crippen molar-refractivity contribution >= 4 is 11.8 Å². The van der Waals surface area contributed by atoms with Gasteiger partial charge >= 0.3 is 5.97 Å². The van der Waals surface area contributed by atoms with Crippen molar-refractivity contribution in [2.45, 2.75) is 40.0 Å². The summed E-state index contributed by atoms with van der Waals surface area (Å²) in [5.74, 6) is -1.27. The zero-order valence-electron chi connectivity index (χ0n) is 9.50. The summed E-state index contributed by atoms with van der Waals surface area (Å²) in [6.45, 7) is 5.75. The predicted octanol–water partition coefficient (Wildman–Crippen LogP) is 2.14. The molecule has 0 aromatic rings. The minimum Gasteiger partial charge on any atom is -0.497 e. The van der Waals surface area contributed by atoms with Crippen LogP contribution in [0.2, 0.25) is 0 Å². The average molecular weight is 214 g/mol. The molecule has 86 valence electrons. The third kappa shape index (κ3) is 4.14. The van der Waals surface area contributed by atoms with Crippen LogP contribution in [0.1, 0.15) is 40.0 Å². The first-order valence-electron chi connectivity index (χ1n) is 5.20. The zero-order chi connectivity index (χ0) is 11.8. The second-order valence-corrected chi connectivity index (χ2v) is 3.06. The summed E-state index contributed by atoms with van der Waals surface area (Å²) in [4.78, 5) is 22.5. The molecule has 0 radical (unpaired) electrons. The van der Waals surface area contributed by atoms with Crippen LogP contribution in [0, 0.1) is 0 Å². The van der Waals surface area contributed by atoms with Crippen LogP contribution in [-0.4, -0.2) is 23.5 Å². The fourth-order valence-electron chi connectivity index (χ4n) is 1.27. The molecule has 0 unspecified atom stereocenters. The molecule has 0 rings (SSSR count). The summed E-state index contributed by atoms with van der Waals surface area (Å²) in [5, 5.41) is 8.94. The maximum absolute atomic E-state index is 11.5. The van der Waals surface area contributed by atoms with Crippen LogP contribution in [0.15, 0.2) is 11.3 Å². The van der Waals surface area contributed by atoms with Gasteiger partial charge in [0.2, 0.25) is 0 Å². The monoisotopic (exact) mass is 214 g/mol. The fourth-order valence-corrected chi connectivity index (χ4v) is 1.27. The molecule has 0 aliphatic heterocycles. The molecule has 15 heavy (non-hydrogen) atoms. The molecule has 4 nitrogen and oxygen atoms in total. The van der Waals surface area contributed by atoms with Crippen molar-refractivity contribution in [2.75, 3.05) is 6.61 Å². The Labute approximate surface area is 89.9 Å². The van der Waals surface area contributed by atoms with Crippen LogP contribution in [0.25, 0.3) is 0 Å². The van der Waals surface area contributed by atoms with Gasteiger partial charge < -0.3 is 9.84 Å². The van der Waals surface area contributed by atoms with Crippen molar-refractivity contribution in [3.05, 3.63) is 11.3 Å². The van der Waals surface area contributed by atoms with Crippen molar-refractivity contribution in [3.8, 4) is 0 Å². The van der Waals surface area contributed by atoms with Crippen molar-refractivity contribution in [2.24, 2.45) is 0 Å². The number of allylic oxidation sites excluding steroid dienone is 1. The van der Waals surface area contributed by atoms with Gasteiger partial charge in [0.05, 0.1) is 6.61 Å². The van der Waals surface area contributed by atoms with Crippen LogP contribution in [-0.2, 0) is 14.3 Å². The van der Waals surface area contributed by atoms with Crippen molar-refractivity contribution in [1.29, 1.82) is 0 Å². The first-order valence-corrected chi connectivity index (χ1v) is 5.20. The Morgan fingerprint density at radius 3 is 2.13 bits per heavy atom. The Hall–Kier alpha value is -1.32.